The fourth-order valence-corrected chi connectivity index (χ4v) is 2.26. The van der Waals surface area contributed by atoms with Gasteiger partial charge < -0.3 is 15.7 Å². The number of carbonyl (C=O) groups excluding carboxylic acids is 1. The van der Waals surface area contributed by atoms with Crippen molar-refractivity contribution in [2.45, 2.75) is 31.9 Å². The number of likely N-dealkylation sites (tertiary alicyclic amines) is 1. The average Bonchev–Trinajstić information content (AvgIpc) is 2.39. The Morgan fingerprint density at radius 3 is 2.61 bits per heavy atom. The average molecular weight is 248 g/mol. The molecule has 1 amide bonds. The van der Waals surface area contributed by atoms with E-state index in [4.69, 9.17) is 5.73 Å². The van der Waals surface area contributed by atoms with Gasteiger partial charge in [0.15, 0.2) is 0 Å². The van der Waals surface area contributed by atoms with Crippen LogP contribution in [0, 0.1) is 0 Å². The molecule has 3 N–H and O–H groups in total. The molecule has 1 aliphatic rings. The summed E-state index contributed by atoms with van der Waals surface area (Å²) < 4.78 is 0. The first kappa shape index (κ1) is 13.1. The van der Waals surface area contributed by atoms with Gasteiger partial charge in [0, 0.05) is 19.6 Å². The van der Waals surface area contributed by atoms with Crippen LogP contribution in [0.2, 0.25) is 0 Å². The van der Waals surface area contributed by atoms with E-state index in [1.165, 1.54) is 0 Å². The quantitative estimate of drug-likeness (QED) is 0.826. The van der Waals surface area contributed by atoms with E-state index in [9.17, 15) is 9.90 Å². The summed E-state index contributed by atoms with van der Waals surface area (Å²) in [6, 6.07) is 7.79. The van der Waals surface area contributed by atoms with Crippen molar-refractivity contribution in [2.24, 2.45) is 5.73 Å². The van der Waals surface area contributed by atoms with Gasteiger partial charge in [-0.15, -0.1) is 0 Å². The van der Waals surface area contributed by atoms with Crippen molar-refractivity contribution in [3.05, 3.63) is 35.4 Å². The Morgan fingerprint density at radius 2 is 2.00 bits per heavy atom. The first-order valence-corrected chi connectivity index (χ1v) is 6.43. The van der Waals surface area contributed by atoms with Crippen LogP contribution in [-0.2, 0) is 17.8 Å². The molecular weight excluding hydrogens is 228 g/mol. The molecule has 0 radical (unpaired) electrons. The number of β-amino-alcohol motifs (C(OH)–C–C–N with tert-alkyl or cyclic N) is 1. The molecule has 1 aliphatic heterocycles. The molecule has 0 saturated carbocycles. The van der Waals surface area contributed by atoms with Crippen molar-refractivity contribution in [1.29, 1.82) is 0 Å². The van der Waals surface area contributed by atoms with Crippen molar-refractivity contribution >= 4 is 5.91 Å². The van der Waals surface area contributed by atoms with Gasteiger partial charge in [-0.2, -0.15) is 0 Å². The van der Waals surface area contributed by atoms with E-state index in [0.29, 0.717) is 19.5 Å². The zero-order chi connectivity index (χ0) is 13.0. The lowest BCUT2D eigenvalue weighted by Gasteiger charge is -2.30. The van der Waals surface area contributed by atoms with Gasteiger partial charge in [0.1, 0.15) is 0 Å². The molecule has 0 aromatic heterocycles. The summed E-state index contributed by atoms with van der Waals surface area (Å²) in [7, 11) is 0. The van der Waals surface area contributed by atoms with E-state index in [1.54, 1.807) is 4.90 Å². The number of benzene rings is 1. The van der Waals surface area contributed by atoms with Crippen LogP contribution in [0.5, 0.6) is 0 Å². The molecule has 1 atom stereocenters. The number of aliphatic hydroxyl groups is 1. The maximum Gasteiger partial charge on any atom is 0.227 e. The van der Waals surface area contributed by atoms with E-state index in [-0.39, 0.29) is 12.0 Å². The predicted octanol–water partition coefficient (Wildman–Crippen LogP) is 0.671. The number of carbonyl (C=O) groups is 1. The van der Waals surface area contributed by atoms with Crippen molar-refractivity contribution < 1.29 is 9.90 Å². The second-order valence-electron chi connectivity index (χ2n) is 4.83. The number of rotatable bonds is 3. The second kappa shape index (κ2) is 5.98. The Morgan fingerprint density at radius 1 is 1.33 bits per heavy atom. The zero-order valence-electron chi connectivity index (χ0n) is 10.5. The Bertz CT molecular complexity index is 403. The Labute approximate surface area is 107 Å². The lowest BCUT2D eigenvalue weighted by molar-refractivity contribution is -0.133. The maximum atomic E-state index is 12.1. The number of hydrogen-bond donors (Lipinski definition) is 2. The summed E-state index contributed by atoms with van der Waals surface area (Å²) in [4.78, 5) is 13.8. The SMILES string of the molecule is NCc1ccc(CC(=O)N2CCC[C@H](O)C2)cc1. The summed E-state index contributed by atoms with van der Waals surface area (Å²) in [5.41, 5.74) is 7.60. The smallest absolute Gasteiger partial charge is 0.227 e. The first-order chi connectivity index (χ1) is 8.69. The van der Waals surface area contributed by atoms with Gasteiger partial charge in [-0.1, -0.05) is 24.3 Å². The minimum atomic E-state index is -0.359. The molecular formula is C14H20N2O2. The molecule has 1 aromatic rings. The largest absolute Gasteiger partial charge is 0.391 e. The molecule has 0 aliphatic carbocycles. The fourth-order valence-electron chi connectivity index (χ4n) is 2.26. The Kier molecular flexibility index (Phi) is 4.33. The standard InChI is InChI=1S/C14H20N2O2/c15-9-12-5-3-11(4-6-12)8-14(18)16-7-1-2-13(17)10-16/h3-6,13,17H,1-2,7-10,15H2/t13-/m0/s1. The Hall–Kier alpha value is -1.39. The maximum absolute atomic E-state index is 12.1. The normalized spacial score (nSPS) is 19.9. The summed E-state index contributed by atoms with van der Waals surface area (Å²) in [5, 5.41) is 9.56. The highest BCUT2D eigenvalue weighted by atomic mass is 16.3. The molecule has 1 heterocycles. The van der Waals surface area contributed by atoms with Crippen LogP contribution in [0.3, 0.4) is 0 Å². The minimum Gasteiger partial charge on any atom is -0.391 e. The number of nitrogens with zero attached hydrogens (tertiary/aromatic N) is 1. The highest BCUT2D eigenvalue weighted by Crippen LogP contribution is 2.12. The minimum absolute atomic E-state index is 0.0919. The highest BCUT2D eigenvalue weighted by molar-refractivity contribution is 5.78. The van der Waals surface area contributed by atoms with Gasteiger partial charge in [0.25, 0.3) is 0 Å². The van der Waals surface area contributed by atoms with Crippen molar-refractivity contribution in [3.63, 3.8) is 0 Å². The van der Waals surface area contributed by atoms with E-state index >= 15 is 0 Å². The van der Waals surface area contributed by atoms with Crippen LogP contribution in [0.25, 0.3) is 0 Å². The lowest BCUT2D eigenvalue weighted by atomic mass is 10.1. The fraction of sp³-hybridized carbons (Fsp3) is 0.500. The van der Waals surface area contributed by atoms with Gasteiger partial charge in [0.2, 0.25) is 5.91 Å². The van der Waals surface area contributed by atoms with Crippen molar-refractivity contribution in [2.75, 3.05) is 13.1 Å². The molecule has 98 valence electrons. The van der Waals surface area contributed by atoms with Crippen molar-refractivity contribution in [3.8, 4) is 0 Å². The van der Waals surface area contributed by atoms with Crippen molar-refractivity contribution in [1.82, 2.24) is 4.90 Å². The molecule has 0 unspecified atom stereocenters. The van der Waals surface area contributed by atoms with Gasteiger partial charge in [0.05, 0.1) is 12.5 Å². The summed E-state index contributed by atoms with van der Waals surface area (Å²) in [6.07, 6.45) is 1.73. The summed E-state index contributed by atoms with van der Waals surface area (Å²) in [6.45, 7) is 1.75. The number of piperidine rings is 1. The molecule has 4 nitrogen and oxygen atoms in total. The highest BCUT2D eigenvalue weighted by Gasteiger charge is 2.21. The van der Waals surface area contributed by atoms with Crippen LogP contribution < -0.4 is 5.73 Å². The van der Waals surface area contributed by atoms with E-state index in [0.717, 1.165) is 30.5 Å². The predicted molar refractivity (Wildman–Crippen MR) is 69.9 cm³/mol. The Balaban J connectivity index is 1.93. The topological polar surface area (TPSA) is 66.6 Å². The van der Waals surface area contributed by atoms with Crippen LogP contribution in [0.15, 0.2) is 24.3 Å². The molecule has 0 bridgehead atoms. The first-order valence-electron chi connectivity index (χ1n) is 6.43. The molecule has 1 saturated heterocycles. The zero-order valence-corrected chi connectivity index (χ0v) is 10.5. The molecule has 1 aromatic carbocycles. The number of hydrogen-bond acceptors (Lipinski definition) is 3. The number of aliphatic hydroxyl groups excluding tert-OH is 1. The van der Waals surface area contributed by atoms with E-state index in [1.807, 2.05) is 24.3 Å². The van der Waals surface area contributed by atoms with Gasteiger partial charge >= 0.3 is 0 Å². The molecule has 18 heavy (non-hydrogen) atoms. The van der Waals surface area contributed by atoms with Crippen LogP contribution in [0.4, 0.5) is 0 Å². The van der Waals surface area contributed by atoms with Gasteiger partial charge in [-0.05, 0) is 24.0 Å². The monoisotopic (exact) mass is 248 g/mol. The molecule has 2 rings (SSSR count). The molecule has 4 heteroatoms. The van der Waals surface area contributed by atoms with Crippen LogP contribution >= 0.6 is 0 Å². The van der Waals surface area contributed by atoms with Gasteiger partial charge in [-0.3, -0.25) is 4.79 Å². The number of nitrogens with two attached hydrogens (primary N) is 1. The molecule has 0 spiro atoms. The summed E-state index contributed by atoms with van der Waals surface area (Å²) in [5.74, 6) is 0.0919. The molecule has 1 fully saturated rings. The van der Waals surface area contributed by atoms with E-state index < -0.39 is 0 Å². The number of amides is 1. The third-order valence-electron chi connectivity index (χ3n) is 3.36. The lowest BCUT2D eigenvalue weighted by Crippen LogP contribution is -2.42. The van der Waals surface area contributed by atoms with Crippen LogP contribution in [-0.4, -0.2) is 35.1 Å². The summed E-state index contributed by atoms with van der Waals surface area (Å²) >= 11 is 0. The van der Waals surface area contributed by atoms with E-state index in [2.05, 4.69) is 0 Å². The second-order valence-corrected chi connectivity index (χ2v) is 4.83. The van der Waals surface area contributed by atoms with Crippen LogP contribution in [0.1, 0.15) is 24.0 Å². The third kappa shape index (κ3) is 3.31. The van der Waals surface area contributed by atoms with Gasteiger partial charge in [-0.25, -0.2) is 0 Å². The third-order valence-corrected chi connectivity index (χ3v) is 3.36.